The molecule has 2 unspecified atom stereocenters. The van der Waals surface area contributed by atoms with Crippen molar-refractivity contribution in [1.29, 1.82) is 0 Å². The summed E-state index contributed by atoms with van der Waals surface area (Å²) in [5.74, 6) is 0.445. The Kier molecular flexibility index (Phi) is 3.48. The predicted octanol–water partition coefficient (Wildman–Crippen LogP) is 2.52. The van der Waals surface area contributed by atoms with E-state index in [0.717, 1.165) is 0 Å². The number of hydrogen-bond acceptors (Lipinski definition) is 2. The molecule has 1 rings (SSSR count). The highest BCUT2D eigenvalue weighted by Gasteiger charge is 2.26. The summed E-state index contributed by atoms with van der Waals surface area (Å²) in [7, 11) is 0. The first-order valence-electron chi connectivity index (χ1n) is 4.54. The van der Waals surface area contributed by atoms with Crippen LogP contribution in [0.3, 0.4) is 0 Å². The summed E-state index contributed by atoms with van der Waals surface area (Å²) < 4.78 is 18.7. The molecule has 0 spiro atoms. The van der Waals surface area contributed by atoms with Crippen molar-refractivity contribution in [1.82, 2.24) is 0 Å². The maximum Gasteiger partial charge on any atom is 0.162 e. The number of nitrogens with two attached hydrogens (primary N) is 1. The van der Waals surface area contributed by atoms with Gasteiger partial charge in [0.1, 0.15) is 5.76 Å². The fourth-order valence-electron chi connectivity index (χ4n) is 1.39. The Morgan fingerprint density at radius 1 is 1.54 bits per heavy atom. The van der Waals surface area contributed by atoms with Crippen LogP contribution in [-0.2, 0) is 0 Å². The van der Waals surface area contributed by atoms with Gasteiger partial charge in [-0.15, -0.1) is 0 Å². The number of halogens is 1. The van der Waals surface area contributed by atoms with Gasteiger partial charge < -0.3 is 10.2 Å². The van der Waals surface area contributed by atoms with E-state index in [9.17, 15) is 4.39 Å². The zero-order chi connectivity index (χ0) is 9.84. The second kappa shape index (κ2) is 4.42. The van der Waals surface area contributed by atoms with Crippen molar-refractivity contribution in [2.75, 3.05) is 6.54 Å². The van der Waals surface area contributed by atoms with Gasteiger partial charge in [0.05, 0.1) is 6.26 Å². The first kappa shape index (κ1) is 10.3. The van der Waals surface area contributed by atoms with E-state index in [1.54, 1.807) is 12.1 Å². The summed E-state index contributed by atoms with van der Waals surface area (Å²) in [6.45, 7) is 4.28. The molecule has 0 radical (unpaired) electrons. The summed E-state index contributed by atoms with van der Waals surface area (Å²) >= 11 is 0. The summed E-state index contributed by atoms with van der Waals surface area (Å²) in [6.07, 6.45) is 0.399. The summed E-state index contributed by atoms with van der Waals surface area (Å²) in [5.41, 5.74) is 5.50. The molecule has 0 saturated carbocycles. The van der Waals surface area contributed by atoms with Crippen LogP contribution in [0.15, 0.2) is 22.8 Å². The summed E-state index contributed by atoms with van der Waals surface area (Å²) in [6, 6.07) is 3.34. The fourth-order valence-corrected chi connectivity index (χ4v) is 1.39. The lowest BCUT2D eigenvalue weighted by molar-refractivity contribution is 0.161. The minimum absolute atomic E-state index is 0.161. The molecule has 1 aromatic heterocycles. The highest BCUT2D eigenvalue weighted by molar-refractivity contribution is 5.03. The SMILES string of the molecule is CC(C)C(CN)C(F)c1ccco1. The Labute approximate surface area is 77.9 Å². The van der Waals surface area contributed by atoms with Gasteiger partial charge >= 0.3 is 0 Å². The van der Waals surface area contributed by atoms with E-state index in [1.165, 1.54) is 6.26 Å². The van der Waals surface area contributed by atoms with Gasteiger partial charge in [-0.25, -0.2) is 4.39 Å². The Bertz CT molecular complexity index is 233. The largest absolute Gasteiger partial charge is 0.466 e. The lowest BCUT2D eigenvalue weighted by Gasteiger charge is -2.21. The van der Waals surface area contributed by atoms with Crippen molar-refractivity contribution in [2.45, 2.75) is 20.0 Å². The molecule has 0 fully saturated rings. The molecule has 0 bridgehead atoms. The first-order chi connectivity index (χ1) is 6.16. The van der Waals surface area contributed by atoms with Crippen LogP contribution in [0.1, 0.15) is 25.8 Å². The maximum atomic E-state index is 13.7. The second-order valence-electron chi connectivity index (χ2n) is 3.56. The highest BCUT2D eigenvalue weighted by Crippen LogP contribution is 2.30. The van der Waals surface area contributed by atoms with Crippen molar-refractivity contribution < 1.29 is 8.81 Å². The average molecular weight is 185 g/mol. The smallest absolute Gasteiger partial charge is 0.162 e. The van der Waals surface area contributed by atoms with E-state index in [2.05, 4.69) is 0 Å². The zero-order valence-electron chi connectivity index (χ0n) is 8.03. The molecule has 0 saturated heterocycles. The molecule has 0 aromatic carbocycles. The van der Waals surface area contributed by atoms with Gasteiger partial charge in [-0.1, -0.05) is 13.8 Å². The molecule has 2 atom stereocenters. The van der Waals surface area contributed by atoms with Crippen LogP contribution >= 0.6 is 0 Å². The Morgan fingerprint density at radius 3 is 2.62 bits per heavy atom. The average Bonchev–Trinajstić information content (AvgIpc) is 2.56. The van der Waals surface area contributed by atoms with Gasteiger partial charge in [0.15, 0.2) is 6.17 Å². The minimum atomic E-state index is -1.08. The monoisotopic (exact) mass is 185 g/mol. The van der Waals surface area contributed by atoms with Crippen LogP contribution in [-0.4, -0.2) is 6.54 Å². The molecule has 1 heterocycles. The molecule has 3 heteroatoms. The molecule has 74 valence electrons. The van der Waals surface area contributed by atoms with Crippen LogP contribution in [0.4, 0.5) is 4.39 Å². The molecule has 1 aromatic rings. The molecule has 2 nitrogen and oxygen atoms in total. The summed E-state index contributed by atoms with van der Waals surface area (Å²) in [5, 5.41) is 0. The quantitative estimate of drug-likeness (QED) is 0.782. The van der Waals surface area contributed by atoms with E-state index in [4.69, 9.17) is 10.2 Å². The third-order valence-electron chi connectivity index (χ3n) is 2.32. The molecule has 0 aliphatic heterocycles. The molecule has 0 aliphatic rings. The van der Waals surface area contributed by atoms with Gasteiger partial charge in [0.2, 0.25) is 0 Å². The van der Waals surface area contributed by atoms with E-state index in [1.807, 2.05) is 13.8 Å². The topological polar surface area (TPSA) is 39.2 Å². The fraction of sp³-hybridized carbons (Fsp3) is 0.600. The number of rotatable bonds is 4. The van der Waals surface area contributed by atoms with E-state index in [-0.39, 0.29) is 11.8 Å². The number of alkyl halides is 1. The van der Waals surface area contributed by atoms with Gasteiger partial charge in [-0.3, -0.25) is 0 Å². The van der Waals surface area contributed by atoms with Crippen LogP contribution < -0.4 is 5.73 Å². The van der Waals surface area contributed by atoms with E-state index in [0.29, 0.717) is 12.3 Å². The maximum absolute atomic E-state index is 13.7. The van der Waals surface area contributed by atoms with E-state index < -0.39 is 6.17 Å². The number of hydrogen-bond donors (Lipinski definition) is 1. The molecule has 0 aliphatic carbocycles. The van der Waals surface area contributed by atoms with Gasteiger partial charge in [0.25, 0.3) is 0 Å². The Hall–Kier alpha value is -0.830. The highest BCUT2D eigenvalue weighted by atomic mass is 19.1. The lowest BCUT2D eigenvalue weighted by atomic mass is 9.90. The van der Waals surface area contributed by atoms with Gasteiger partial charge in [-0.2, -0.15) is 0 Å². The molecule has 13 heavy (non-hydrogen) atoms. The molecule has 0 amide bonds. The van der Waals surface area contributed by atoms with Crippen molar-refractivity contribution in [3.8, 4) is 0 Å². The molecular formula is C10H16FNO. The minimum Gasteiger partial charge on any atom is -0.466 e. The predicted molar refractivity (Wildman–Crippen MR) is 49.9 cm³/mol. The third kappa shape index (κ3) is 2.31. The van der Waals surface area contributed by atoms with Crippen molar-refractivity contribution >= 4 is 0 Å². The van der Waals surface area contributed by atoms with Crippen LogP contribution in [0.5, 0.6) is 0 Å². The molecular weight excluding hydrogens is 169 g/mol. The zero-order valence-corrected chi connectivity index (χ0v) is 8.03. The van der Waals surface area contributed by atoms with Crippen molar-refractivity contribution in [2.24, 2.45) is 17.6 Å². The normalized spacial score (nSPS) is 16.1. The lowest BCUT2D eigenvalue weighted by Crippen LogP contribution is -2.24. The standard InChI is InChI=1S/C10H16FNO/c1-7(2)8(6-12)10(11)9-4-3-5-13-9/h3-5,7-8,10H,6,12H2,1-2H3. The van der Waals surface area contributed by atoms with E-state index >= 15 is 0 Å². The molecule has 2 N–H and O–H groups in total. The van der Waals surface area contributed by atoms with Gasteiger partial charge in [-0.05, 0) is 24.6 Å². The van der Waals surface area contributed by atoms with Gasteiger partial charge in [0, 0.05) is 5.92 Å². The van der Waals surface area contributed by atoms with Crippen LogP contribution in [0.25, 0.3) is 0 Å². The second-order valence-corrected chi connectivity index (χ2v) is 3.56. The summed E-state index contributed by atoms with van der Waals surface area (Å²) in [4.78, 5) is 0. The Morgan fingerprint density at radius 2 is 2.23 bits per heavy atom. The van der Waals surface area contributed by atoms with Crippen LogP contribution in [0.2, 0.25) is 0 Å². The van der Waals surface area contributed by atoms with Crippen LogP contribution in [0, 0.1) is 11.8 Å². The van der Waals surface area contributed by atoms with Crippen molar-refractivity contribution in [3.05, 3.63) is 24.2 Å². The van der Waals surface area contributed by atoms with Crippen molar-refractivity contribution in [3.63, 3.8) is 0 Å². The third-order valence-corrected chi connectivity index (χ3v) is 2.32. The Balaban J connectivity index is 2.70. The number of furan rings is 1. The first-order valence-corrected chi connectivity index (χ1v) is 4.54.